The van der Waals surface area contributed by atoms with Crippen LogP contribution in [0.25, 0.3) is 0 Å². The minimum atomic E-state index is -0.714. The Kier molecular flexibility index (Phi) is 3.45. The van der Waals surface area contributed by atoms with E-state index in [1.807, 2.05) is 32.0 Å². The number of fused-ring (bicyclic) bond motifs is 1. The van der Waals surface area contributed by atoms with E-state index in [0.717, 1.165) is 5.75 Å². The molecule has 3 aliphatic rings. The van der Waals surface area contributed by atoms with Gasteiger partial charge in [0.2, 0.25) is 0 Å². The molecule has 0 saturated carbocycles. The standard InChI is InChI=1S/C16H18O5S/c1-16(2)20-13-12(11(10-8-22-10)19-15(13)21-16)18-14(17)9-6-4-3-5-7-9/h3-7,10-13,15H,8H2,1-2H3/t10-,11-,12+,13-,15-/m1/s1. The number of ether oxygens (including phenoxy) is 4. The molecule has 3 aliphatic heterocycles. The number of rotatable bonds is 3. The minimum absolute atomic E-state index is 0.163. The van der Waals surface area contributed by atoms with Crippen LogP contribution < -0.4 is 0 Å². The normalized spacial score (nSPS) is 38.5. The quantitative estimate of drug-likeness (QED) is 0.628. The van der Waals surface area contributed by atoms with E-state index >= 15 is 0 Å². The lowest BCUT2D eigenvalue weighted by molar-refractivity contribution is -0.213. The van der Waals surface area contributed by atoms with E-state index in [-0.39, 0.29) is 18.2 Å². The maximum atomic E-state index is 12.4. The topological polar surface area (TPSA) is 54.0 Å². The maximum Gasteiger partial charge on any atom is 0.338 e. The highest BCUT2D eigenvalue weighted by atomic mass is 32.2. The Bertz CT molecular complexity index is 571. The lowest BCUT2D eigenvalue weighted by atomic mass is 10.1. The van der Waals surface area contributed by atoms with Gasteiger partial charge < -0.3 is 18.9 Å². The van der Waals surface area contributed by atoms with Crippen LogP contribution in [0, 0.1) is 0 Å². The first-order chi connectivity index (χ1) is 10.5. The Labute approximate surface area is 133 Å². The van der Waals surface area contributed by atoms with Crippen molar-refractivity contribution in [3.05, 3.63) is 35.9 Å². The van der Waals surface area contributed by atoms with Gasteiger partial charge in [0.15, 0.2) is 24.3 Å². The zero-order valence-electron chi connectivity index (χ0n) is 12.4. The summed E-state index contributed by atoms with van der Waals surface area (Å²) in [5.41, 5.74) is 0.534. The van der Waals surface area contributed by atoms with Crippen molar-refractivity contribution in [2.45, 2.75) is 49.5 Å². The predicted molar refractivity (Wildman–Crippen MR) is 80.6 cm³/mol. The second kappa shape index (κ2) is 5.23. The molecular weight excluding hydrogens is 304 g/mol. The number of esters is 1. The van der Waals surface area contributed by atoms with E-state index in [9.17, 15) is 4.79 Å². The molecule has 0 radical (unpaired) electrons. The van der Waals surface area contributed by atoms with Crippen LogP contribution in [0.15, 0.2) is 30.3 Å². The molecule has 22 heavy (non-hydrogen) atoms. The van der Waals surface area contributed by atoms with E-state index in [0.29, 0.717) is 10.8 Å². The fourth-order valence-corrected chi connectivity index (χ4v) is 3.66. The van der Waals surface area contributed by atoms with Gasteiger partial charge in [-0.2, -0.15) is 11.8 Å². The van der Waals surface area contributed by atoms with E-state index in [2.05, 4.69) is 0 Å². The summed E-state index contributed by atoms with van der Waals surface area (Å²) in [4.78, 5) is 12.4. The summed E-state index contributed by atoms with van der Waals surface area (Å²) in [5.74, 6) is -0.0415. The van der Waals surface area contributed by atoms with E-state index in [1.165, 1.54) is 0 Å². The second-order valence-corrected chi connectivity index (χ2v) is 7.45. The third-order valence-corrected chi connectivity index (χ3v) is 4.99. The van der Waals surface area contributed by atoms with E-state index < -0.39 is 18.2 Å². The summed E-state index contributed by atoms with van der Waals surface area (Å²) in [7, 11) is 0. The Morgan fingerprint density at radius 1 is 1.23 bits per heavy atom. The van der Waals surface area contributed by atoms with Gasteiger partial charge in [-0.25, -0.2) is 4.79 Å². The molecule has 3 heterocycles. The fourth-order valence-electron chi connectivity index (χ4n) is 2.95. The summed E-state index contributed by atoms with van der Waals surface area (Å²) >= 11 is 1.80. The molecule has 0 aromatic heterocycles. The van der Waals surface area contributed by atoms with Gasteiger partial charge in [0.25, 0.3) is 0 Å². The number of carbonyl (C=O) groups excluding carboxylic acids is 1. The van der Waals surface area contributed by atoms with Crippen molar-refractivity contribution in [3.63, 3.8) is 0 Å². The lowest BCUT2D eigenvalue weighted by Gasteiger charge is -2.25. The van der Waals surface area contributed by atoms with Crippen LogP contribution in [0.1, 0.15) is 24.2 Å². The molecule has 0 amide bonds. The largest absolute Gasteiger partial charge is 0.453 e. The third kappa shape index (κ3) is 2.65. The van der Waals surface area contributed by atoms with Gasteiger partial charge >= 0.3 is 5.97 Å². The summed E-state index contributed by atoms with van der Waals surface area (Å²) < 4.78 is 23.3. The highest BCUT2D eigenvalue weighted by Crippen LogP contribution is 2.46. The molecule has 1 aromatic rings. The van der Waals surface area contributed by atoms with Gasteiger partial charge in [-0.05, 0) is 26.0 Å². The van der Waals surface area contributed by atoms with Gasteiger partial charge in [0.05, 0.1) is 5.56 Å². The van der Waals surface area contributed by atoms with Crippen molar-refractivity contribution < 1.29 is 23.7 Å². The van der Waals surface area contributed by atoms with Crippen LogP contribution in [0.3, 0.4) is 0 Å². The average Bonchev–Trinajstić information content (AvgIpc) is 3.22. The number of thioether (sulfide) groups is 1. The molecule has 0 unspecified atom stereocenters. The van der Waals surface area contributed by atoms with Crippen LogP contribution in [0.5, 0.6) is 0 Å². The SMILES string of the molecule is CC1(C)O[C@H]2O[C@H]([C@H]3CS3)[C@H](OC(=O)c3ccccc3)[C@H]2O1. The predicted octanol–water partition coefficient (Wildman–Crippen LogP) is 2.20. The summed E-state index contributed by atoms with van der Waals surface area (Å²) in [6.45, 7) is 3.68. The van der Waals surface area contributed by atoms with Crippen LogP contribution in [-0.2, 0) is 18.9 Å². The number of hydrogen-bond acceptors (Lipinski definition) is 6. The van der Waals surface area contributed by atoms with Gasteiger partial charge in [0, 0.05) is 11.0 Å². The number of benzene rings is 1. The van der Waals surface area contributed by atoms with E-state index in [1.54, 1.807) is 23.9 Å². The van der Waals surface area contributed by atoms with Crippen molar-refractivity contribution in [1.82, 2.24) is 0 Å². The summed E-state index contributed by atoms with van der Waals surface area (Å²) in [5, 5.41) is 0.356. The first kappa shape index (κ1) is 14.5. The van der Waals surface area contributed by atoms with Crippen molar-refractivity contribution >= 4 is 17.7 Å². The Morgan fingerprint density at radius 2 is 1.95 bits per heavy atom. The van der Waals surface area contributed by atoms with Crippen LogP contribution in [-0.4, -0.2) is 47.4 Å². The second-order valence-electron chi connectivity index (χ2n) is 6.18. The van der Waals surface area contributed by atoms with Crippen LogP contribution in [0.4, 0.5) is 0 Å². The number of carbonyl (C=O) groups is 1. The maximum absolute atomic E-state index is 12.4. The molecular formula is C16H18O5S. The molecule has 3 fully saturated rings. The van der Waals surface area contributed by atoms with Gasteiger partial charge in [-0.1, -0.05) is 18.2 Å². The van der Waals surface area contributed by atoms with Crippen molar-refractivity contribution in [3.8, 4) is 0 Å². The molecule has 5 nitrogen and oxygen atoms in total. The molecule has 0 N–H and O–H groups in total. The zero-order chi connectivity index (χ0) is 15.3. The van der Waals surface area contributed by atoms with Crippen molar-refractivity contribution in [2.75, 3.05) is 5.75 Å². The first-order valence-corrected chi connectivity index (χ1v) is 8.47. The highest BCUT2D eigenvalue weighted by molar-refractivity contribution is 8.06. The fraction of sp³-hybridized carbons (Fsp3) is 0.562. The molecule has 118 valence electrons. The molecule has 0 aliphatic carbocycles. The van der Waals surface area contributed by atoms with Gasteiger partial charge in [-0.3, -0.25) is 0 Å². The average molecular weight is 322 g/mol. The summed E-state index contributed by atoms with van der Waals surface area (Å²) in [6.07, 6.45) is -1.42. The lowest BCUT2D eigenvalue weighted by Crippen LogP contribution is -2.40. The van der Waals surface area contributed by atoms with Crippen LogP contribution >= 0.6 is 11.8 Å². The Morgan fingerprint density at radius 3 is 2.64 bits per heavy atom. The monoisotopic (exact) mass is 322 g/mol. The minimum Gasteiger partial charge on any atom is -0.453 e. The van der Waals surface area contributed by atoms with Crippen LogP contribution in [0.2, 0.25) is 0 Å². The molecule has 1 aromatic carbocycles. The smallest absolute Gasteiger partial charge is 0.338 e. The Balaban J connectivity index is 1.53. The molecule has 5 atom stereocenters. The highest BCUT2D eigenvalue weighted by Gasteiger charge is 2.60. The molecule has 0 spiro atoms. The number of hydrogen-bond donors (Lipinski definition) is 0. The van der Waals surface area contributed by atoms with Gasteiger partial charge in [0.1, 0.15) is 6.10 Å². The molecule has 6 heteroatoms. The molecule has 4 rings (SSSR count). The zero-order valence-corrected chi connectivity index (χ0v) is 13.2. The van der Waals surface area contributed by atoms with E-state index in [4.69, 9.17) is 18.9 Å². The Hall–Kier alpha value is -1.08. The molecule has 0 bridgehead atoms. The summed E-state index contributed by atoms with van der Waals surface area (Å²) in [6, 6.07) is 8.98. The third-order valence-electron chi connectivity index (χ3n) is 4.01. The van der Waals surface area contributed by atoms with Gasteiger partial charge in [-0.15, -0.1) is 0 Å². The van der Waals surface area contributed by atoms with Crippen molar-refractivity contribution in [2.24, 2.45) is 0 Å². The first-order valence-electron chi connectivity index (χ1n) is 7.42. The van der Waals surface area contributed by atoms with Crippen molar-refractivity contribution in [1.29, 1.82) is 0 Å². The molecule has 3 saturated heterocycles.